The molecule has 1 atom stereocenters. The van der Waals surface area contributed by atoms with Crippen LogP contribution in [0, 0.1) is 6.92 Å². The van der Waals surface area contributed by atoms with Crippen LogP contribution >= 0.6 is 15.9 Å². The number of sulfonamides is 1. The molecule has 0 bridgehead atoms. The van der Waals surface area contributed by atoms with Gasteiger partial charge in [0.15, 0.2) is 0 Å². The molecule has 1 unspecified atom stereocenters. The second-order valence-corrected chi connectivity index (χ2v) is 9.13. The first-order valence-electron chi connectivity index (χ1n) is 8.52. The van der Waals surface area contributed by atoms with Crippen LogP contribution in [0.15, 0.2) is 44.2 Å². The van der Waals surface area contributed by atoms with Crippen LogP contribution in [0.3, 0.4) is 0 Å². The Morgan fingerprint density at radius 2 is 1.93 bits per heavy atom. The largest absolute Gasteiger partial charge is 0.338 e. The first kappa shape index (κ1) is 20.0. The summed E-state index contributed by atoms with van der Waals surface area (Å²) in [5.41, 5.74) is 0.684. The molecule has 2 heterocycles. The van der Waals surface area contributed by atoms with Gasteiger partial charge in [0, 0.05) is 36.7 Å². The number of aryl methyl sites for hydroxylation is 1. The maximum atomic E-state index is 12.8. The fraction of sp³-hybridized carbons (Fsp3) is 0.412. The molecule has 1 aromatic heterocycles. The van der Waals surface area contributed by atoms with Crippen molar-refractivity contribution in [2.75, 3.05) is 31.5 Å². The van der Waals surface area contributed by atoms with Gasteiger partial charge < -0.3 is 4.52 Å². The third kappa shape index (κ3) is 4.40. The molecule has 0 aliphatic carbocycles. The van der Waals surface area contributed by atoms with Crippen LogP contribution < -0.4 is 5.32 Å². The van der Waals surface area contributed by atoms with Crippen molar-refractivity contribution in [3.05, 3.63) is 40.5 Å². The molecule has 1 aliphatic heterocycles. The molecule has 1 aliphatic rings. The third-order valence-electron chi connectivity index (χ3n) is 4.53. The first-order chi connectivity index (χ1) is 12.8. The zero-order valence-corrected chi connectivity index (χ0v) is 17.5. The Labute approximate surface area is 166 Å². The molecule has 2 aromatic rings. The van der Waals surface area contributed by atoms with Crippen molar-refractivity contribution < 1.29 is 17.7 Å². The molecule has 10 heteroatoms. The van der Waals surface area contributed by atoms with Crippen LogP contribution in [-0.2, 0) is 14.8 Å². The number of halogens is 1. The van der Waals surface area contributed by atoms with E-state index >= 15 is 0 Å². The Morgan fingerprint density at radius 3 is 2.52 bits per heavy atom. The quantitative estimate of drug-likeness (QED) is 0.739. The van der Waals surface area contributed by atoms with Gasteiger partial charge in [-0.2, -0.15) is 4.31 Å². The number of aromatic nitrogens is 1. The summed E-state index contributed by atoms with van der Waals surface area (Å²) < 4.78 is 32.7. The molecule has 1 aromatic carbocycles. The van der Waals surface area contributed by atoms with Gasteiger partial charge in [0.1, 0.15) is 0 Å². The van der Waals surface area contributed by atoms with Gasteiger partial charge in [-0.25, -0.2) is 8.42 Å². The van der Waals surface area contributed by atoms with E-state index in [1.165, 1.54) is 4.31 Å². The van der Waals surface area contributed by atoms with E-state index in [0.717, 1.165) is 0 Å². The second-order valence-electron chi connectivity index (χ2n) is 6.37. The maximum absolute atomic E-state index is 12.8. The van der Waals surface area contributed by atoms with Crippen LogP contribution in [0.2, 0.25) is 0 Å². The van der Waals surface area contributed by atoms with Crippen LogP contribution in [0.5, 0.6) is 0 Å². The van der Waals surface area contributed by atoms with E-state index < -0.39 is 16.1 Å². The van der Waals surface area contributed by atoms with E-state index in [-0.39, 0.29) is 10.8 Å². The van der Waals surface area contributed by atoms with Crippen molar-refractivity contribution in [3.8, 4) is 0 Å². The molecule has 0 spiro atoms. The summed E-state index contributed by atoms with van der Waals surface area (Å²) in [6, 6.07) is 8.00. The van der Waals surface area contributed by atoms with E-state index in [9.17, 15) is 13.2 Å². The summed E-state index contributed by atoms with van der Waals surface area (Å²) >= 11 is 3.30. The Balaban J connectivity index is 1.61. The number of carbonyl (C=O) groups is 1. The van der Waals surface area contributed by atoms with Crippen molar-refractivity contribution in [3.63, 3.8) is 0 Å². The topological polar surface area (TPSA) is 95.8 Å². The molecule has 146 valence electrons. The lowest BCUT2D eigenvalue weighted by Gasteiger charge is -2.36. The number of hydrogen-bond donors (Lipinski definition) is 1. The molecular formula is C17H21BrN4O4S. The predicted molar refractivity (Wildman–Crippen MR) is 104 cm³/mol. The summed E-state index contributed by atoms with van der Waals surface area (Å²) in [5.74, 6) is 0.0905. The number of piperazine rings is 1. The number of carbonyl (C=O) groups excluding carboxylic acids is 1. The van der Waals surface area contributed by atoms with Gasteiger partial charge in [-0.3, -0.25) is 15.0 Å². The predicted octanol–water partition coefficient (Wildman–Crippen LogP) is 2.08. The van der Waals surface area contributed by atoms with E-state index in [4.69, 9.17) is 4.52 Å². The summed E-state index contributed by atoms with van der Waals surface area (Å²) in [5, 5.41) is 6.42. The van der Waals surface area contributed by atoms with Crippen LogP contribution in [0.1, 0.15) is 12.6 Å². The van der Waals surface area contributed by atoms with E-state index in [1.807, 2.05) is 4.90 Å². The number of anilines is 1. The number of nitrogens with zero attached hydrogens (tertiary/aromatic N) is 3. The van der Waals surface area contributed by atoms with Gasteiger partial charge in [-0.15, -0.1) is 0 Å². The average molecular weight is 457 g/mol. The molecule has 8 nitrogen and oxygen atoms in total. The van der Waals surface area contributed by atoms with Gasteiger partial charge in [0.05, 0.1) is 16.6 Å². The first-order valence-corrected chi connectivity index (χ1v) is 10.8. The minimum Gasteiger partial charge on any atom is -0.338 e. The van der Waals surface area contributed by atoms with E-state index in [2.05, 4.69) is 26.4 Å². The lowest BCUT2D eigenvalue weighted by Crippen LogP contribution is -2.53. The fourth-order valence-electron chi connectivity index (χ4n) is 2.94. The highest BCUT2D eigenvalue weighted by atomic mass is 79.9. The highest BCUT2D eigenvalue weighted by molar-refractivity contribution is 9.10. The minimum atomic E-state index is -3.57. The second kappa shape index (κ2) is 8.09. The zero-order valence-electron chi connectivity index (χ0n) is 15.1. The van der Waals surface area contributed by atoms with Gasteiger partial charge in [0.2, 0.25) is 21.8 Å². The maximum Gasteiger partial charge on any atom is 0.244 e. The Hall–Kier alpha value is -1.75. The summed E-state index contributed by atoms with van der Waals surface area (Å²) in [6.45, 7) is 5.14. The highest BCUT2D eigenvalue weighted by Crippen LogP contribution is 2.25. The molecule has 1 fully saturated rings. The van der Waals surface area contributed by atoms with Gasteiger partial charge in [-0.1, -0.05) is 17.3 Å². The molecule has 1 N–H and O–H groups in total. The van der Waals surface area contributed by atoms with Crippen LogP contribution in [0.4, 0.5) is 5.88 Å². The molecule has 0 radical (unpaired) electrons. The summed E-state index contributed by atoms with van der Waals surface area (Å²) in [7, 11) is -3.57. The fourth-order valence-corrected chi connectivity index (χ4v) is 5.32. The smallest absolute Gasteiger partial charge is 0.244 e. The van der Waals surface area contributed by atoms with Crippen molar-refractivity contribution in [2.24, 2.45) is 0 Å². The Bertz CT molecular complexity index is 923. The summed E-state index contributed by atoms with van der Waals surface area (Å²) in [6.07, 6.45) is 0. The van der Waals surface area contributed by atoms with E-state index in [0.29, 0.717) is 42.2 Å². The Morgan fingerprint density at radius 1 is 1.26 bits per heavy atom. The van der Waals surface area contributed by atoms with Gasteiger partial charge in [0.25, 0.3) is 0 Å². The molecule has 1 saturated heterocycles. The number of rotatable bonds is 5. The number of hydrogen-bond acceptors (Lipinski definition) is 6. The number of nitrogens with one attached hydrogen (secondary N) is 1. The van der Waals surface area contributed by atoms with Crippen LogP contribution in [-0.4, -0.2) is 60.9 Å². The number of amides is 1. The lowest BCUT2D eigenvalue weighted by atomic mass is 10.2. The molecular weight excluding hydrogens is 436 g/mol. The average Bonchev–Trinajstić information content (AvgIpc) is 3.06. The zero-order chi connectivity index (χ0) is 19.6. The van der Waals surface area contributed by atoms with Crippen molar-refractivity contribution >= 4 is 37.7 Å². The van der Waals surface area contributed by atoms with Gasteiger partial charge in [-0.05, 0) is 41.9 Å². The molecule has 0 saturated carbocycles. The molecule has 3 rings (SSSR count). The summed E-state index contributed by atoms with van der Waals surface area (Å²) in [4.78, 5) is 14.6. The Kier molecular flexibility index (Phi) is 5.99. The highest BCUT2D eigenvalue weighted by Gasteiger charge is 2.32. The van der Waals surface area contributed by atoms with E-state index in [1.54, 1.807) is 44.2 Å². The monoisotopic (exact) mass is 456 g/mol. The van der Waals surface area contributed by atoms with Crippen LogP contribution in [0.25, 0.3) is 0 Å². The standard InChI is InChI=1S/C17H21BrN4O4S/c1-12-11-16(26-20-12)19-17(23)13(2)21-7-9-22(10-8-21)27(24,25)15-6-4-3-5-14(15)18/h3-6,11,13H,7-10H2,1-2H3,(H,19,23). The SMILES string of the molecule is Cc1cc(NC(=O)C(C)N2CCN(S(=O)(=O)c3ccccc3Br)CC2)on1. The number of benzene rings is 1. The van der Waals surface area contributed by atoms with Crippen molar-refractivity contribution in [2.45, 2.75) is 24.8 Å². The lowest BCUT2D eigenvalue weighted by molar-refractivity contribution is -0.121. The normalized spacial score (nSPS) is 17.6. The molecule has 1 amide bonds. The third-order valence-corrected chi connectivity index (χ3v) is 7.44. The van der Waals surface area contributed by atoms with Crippen molar-refractivity contribution in [1.82, 2.24) is 14.4 Å². The minimum absolute atomic E-state index is 0.215. The molecule has 27 heavy (non-hydrogen) atoms. The van der Waals surface area contributed by atoms with Crippen molar-refractivity contribution in [1.29, 1.82) is 0 Å². The van der Waals surface area contributed by atoms with Gasteiger partial charge >= 0.3 is 0 Å².